The average molecular weight is 522 g/mol. The van der Waals surface area contributed by atoms with E-state index in [1.165, 1.54) is 17.4 Å². The molecule has 0 aliphatic rings. The molecule has 190 valence electrons. The van der Waals surface area contributed by atoms with E-state index in [9.17, 15) is 14.3 Å². The van der Waals surface area contributed by atoms with Gasteiger partial charge in [-0.25, -0.2) is 19.2 Å². The Labute approximate surface area is 215 Å². The number of carboxylic acids is 1. The van der Waals surface area contributed by atoms with Crippen LogP contribution in [0.15, 0.2) is 54.2 Å². The highest BCUT2D eigenvalue weighted by molar-refractivity contribution is 7.11. The number of thiazole rings is 1. The fourth-order valence-electron chi connectivity index (χ4n) is 3.95. The van der Waals surface area contributed by atoms with Gasteiger partial charge in [0.2, 0.25) is 0 Å². The van der Waals surface area contributed by atoms with Crippen LogP contribution in [0.25, 0.3) is 22.3 Å². The van der Waals surface area contributed by atoms with Crippen LogP contribution < -0.4 is 4.74 Å². The van der Waals surface area contributed by atoms with Gasteiger partial charge in [0.25, 0.3) is 5.19 Å². The Bertz CT molecular complexity index is 1570. The number of fused-ring (bicyclic) bond motifs is 1. The van der Waals surface area contributed by atoms with Gasteiger partial charge in [0.05, 0.1) is 41.6 Å². The number of aromatic nitrogens is 5. The number of hydrogen-bond donors (Lipinski definition) is 1. The lowest BCUT2D eigenvalue weighted by Crippen LogP contribution is -2.12. The largest absolute Gasteiger partial charge is 0.478 e. The summed E-state index contributed by atoms with van der Waals surface area (Å²) < 4.78 is 28.7. The summed E-state index contributed by atoms with van der Waals surface area (Å²) in [4.78, 5) is 20.7. The van der Waals surface area contributed by atoms with Crippen LogP contribution >= 0.6 is 11.3 Å². The molecular weight excluding hydrogens is 497 g/mol. The molecule has 0 radical (unpaired) electrons. The van der Waals surface area contributed by atoms with E-state index in [2.05, 4.69) is 10.1 Å². The van der Waals surface area contributed by atoms with Crippen LogP contribution in [0.2, 0.25) is 0 Å². The molecule has 0 unspecified atom stereocenters. The van der Waals surface area contributed by atoms with Gasteiger partial charge in [-0.1, -0.05) is 23.5 Å². The highest BCUT2D eigenvalue weighted by atomic mass is 32.1. The number of ether oxygens (including phenoxy) is 2. The van der Waals surface area contributed by atoms with Gasteiger partial charge in [0, 0.05) is 36.4 Å². The van der Waals surface area contributed by atoms with Crippen molar-refractivity contribution in [3.8, 4) is 16.5 Å². The molecule has 2 aromatic carbocycles. The van der Waals surface area contributed by atoms with Crippen molar-refractivity contribution < 1.29 is 23.8 Å². The van der Waals surface area contributed by atoms with Crippen molar-refractivity contribution in [3.63, 3.8) is 0 Å². The fourth-order valence-corrected chi connectivity index (χ4v) is 4.63. The number of aromatic carboxylic acids is 1. The van der Waals surface area contributed by atoms with Crippen molar-refractivity contribution in [1.82, 2.24) is 24.3 Å². The number of imidazole rings is 1. The van der Waals surface area contributed by atoms with Crippen LogP contribution in [0.3, 0.4) is 0 Å². The van der Waals surface area contributed by atoms with Crippen LogP contribution in [0.4, 0.5) is 4.39 Å². The first-order chi connectivity index (χ1) is 17.9. The number of carboxylic acid groups (broad SMARTS) is 1. The van der Waals surface area contributed by atoms with E-state index in [1.807, 2.05) is 29.1 Å². The summed E-state index contributed by atoms with van der Waals surface area (Å²) >= 11 is 1.33. The Morgan fingerprint density at radius 1 is 1.19 bits per heavy atom. The fraction of sp³-hybridized carbons (Fsp3) is 0.231. The minimum Gasteiger partial charge on any atom is -0.478 e. The van der Waals surface area contributed by atoms with Gasteiger partial charge < -0.3 is 19.1 Å². The van der Waals surface area contributed by atoms with Gasteiger partial charge >= 0.3 is 5.97 Å². The standard InChI is InChI=1S/C26H24FN5O4S/c1-16-3-4-18(20(27)9-16)14-36-26-30-22(15-37-26)19-11-28-31(12-19)13-24-29-21-6-5-17(25(33)34)10-23(21)32(24)7-8-35-2/h3-6,9-12,15H,7-8,13-14H2,1-2H3,(H,33,34). The van der Waals surface area contributed by atoms with Crippen LogP contribution in [0.5, 0.6) is 5.19 Å². The molecule has 5 aromatic rings. The normalized spacial score (nSPS) is 11.3. The third kappa shape index (κ3) is 5.37. The Hall–Kier alpha value is -4.09. The summed E-state index contributed by atoms with van der Waals surface area (Å²) in [6.07, 6.45) is 3.57. The Balaban J connectivity index is 1.33. The highest BCUT2D eigenvalue weighted by Gasteiger charge is 2.15. The molecule has 0 aliphatic heterocycles. The molecule has 0 fully saturated rings. The Kier molecular flexibility index (Phi) is 6.97. The van der Waals surface area contributed by atoms with Crippen LogP contribution in [0, 0.1) is 12.7 Å². The van der Waals surface area contributed by atoms with Crippen molar-refractivity contribution in [2.24, 2.45) is 0 Å². The predicted molar refractivity (Wildman–Crippen MR) is 136 cm³/mol. The number of aryl methyl sites for hydroxylation is 1. The predicted octanol–water partition coefficient (Wildman–Crippen LogP) is 4.78. The molecule has 0 saturated carbocycles. The number of halogens is 1. The monoisotopic (exact) mass is 521 g/mol. The summed E-state index contributed by atoms with van der Waals surface area (Å²) in [6.45, 7) is 3.29. The summed E-state index contributed by atoms with van der Waals surface area (Å²) in [6, 6.07) is 9.92. The minimum atomic E-state index is -0.990. The van der Waals surface area contributed by atoms with E-state index >= 15 is 0 Å². The zero-order chi connectivity index (χ0) is 25.9. The topological polar surface area (TPSA) is 104 Å². The zero-order valence-electron chi connectivity index (χ0n) is 20.2. The molecule has 5 rings (SSSR count). The van der Waals surface area contributed by atoms with Crippen molar-refractivity contribution in [1.29, 1.82) is 0 Å². The molecule has 0 amide bonds. The number of methoxy groups -OCH3 is 1. The lowest BCUT2D eigenvalue weighted by atomic mass is 10.1. The molecule has 9 nitrogen and oxygen atoms in total. The Morgan fingerprint density at radius 2 is 2.05 bits per heavy atom. The van der Waals surface area contributed by atoms with E-state index in [4.69, 9.17) is 14.5 Å². The molecule has 3 heterocycles. The number of rotatable bonds is 10. The second-order valence-electron chi connectivity index (χ2n) is 8.49. The summed E-state index contributed by atoms with van der Waals surface area (Å²) in [5.41, 5.74) is 4.47. The van der Waals surface area contributed by atoms with Crippen LogP contribution in [-0.2, 0) is 24.4 Å². The van der Waals surface area contributed by atoms with Gasteiger partial charge in [-0.2, -0.15) is 5.10 Å². The van der Waals surface area contributed by atoms with E-state index in [0.717, 1.165) is 22.5 Å². The Morgan fingerprint density at radius 3 is 2.84 bits per heavy atom. The summed E-state index contributed by atoms with van der Waals surface area (Å²) in [7, 11) is 1.62. The van der Waals surface area contributed by atoms with Crippen LogP contribution in [-0.4, -0.2) is 49.1 Å². The third-order valence-electron chi connectivity index (χ3n) is 5.87. The van der Waals surface area contributed by atoms with Gasteiger partial charge in [0.15, 0.2) is 0 Å². The molecule has 0 spiro atoms. The summed E-state index contributed by atoms with van der Waals surface area (Å²) in [5, 5.41) is 16.1. The van der Waals surface area contributed by atoms with Crippen molar-refractivity contribution >= 4 is 28.3 Å². The van der Waals surface area contributed by atoms with Gasteiger partial charge in [0.1, 0.15) is 18.2 Å². The van der Waals surface area contributed by atoms with E-state index in [1.54, 1.807) is 42.3 Å². The lowest BCUT2D eigenvalue weighted by Gasteiger charge is -2.09. The van der Waals surface area contributed by atoms with Gasteiger partial charge in [-0.15, -0.1) is 0 Å². The van der Waals surface area contributed by atoms with Crippen LogP contribution in [0.1, 0.15) is 27.3 Å². The molecule has 3 aromatic heterocycles. The maximum Gasteiger partial charge on any atom is 0.335 e. The summed E-state index contributed by atoms with van der Waals surface area (Å²) in [5.74, 6) is -0.560. The molecule has 0 atom stereocenters. The first-order valence-corrected chi connectivity index (χ1v) is 12.4. The first kappa shape index (κ1) is 24.6. The zero-order valence-corrected chi connectivity index (χ0v) is 21.0. The SMILES string of the molecule is COCCn1c(Cn2cc(-c3csc(OCc4ccc(C)cc4F)n3)cn2)nc2ccc(C(=O)O)cc21. The van der Waals surface area contributed by atoms with Crippen molar-refractivity contribution in [3.05, 3.63) is 82.5 Å². The number of hydrogen-bond acceptors (Lipinski definition) is 7. The molecule has 37 heavy (non-hydrogen) atoms. The lowest BCUT2D eigenvalue weighted by molar-refractivity contribution is 0.0697. The molecule has 0 bridgehead atoms. The molecule has 1 N–H and O–H groups in total. The number of benzene rings is 2. The molecule has 0 saturated heterocycles. The molecule has 11 heteroatoms. The first-order valence-electron chi connectivity index (χ1n) is 11.5. The maximum absolute atomic E-state index is 14.1. The maximum atomic E-state index is 14.1. The van der Waals surface area contributed by atoms with E-state index < -0.39 is 5.97 Å². The quantitative estimate of drug-likeness (QED) is 0.282. The number of nitrogens with zero attached hydrogens (tertiary/aromatic N) is 5. The number of carbonyl (C=O) groups is 1. The second kappa shape index (κ2) is 10.5. The smallest absolute Gasteiger partial charge is 0.335 e. The van der Waals surface area contributed by atoms with Gasteiger partial charge in [-0.05, 0) is 36.8 Å². The minimum absolute atomic E-state index is 0.0968. The average Bonchev–Trinajstić information content (AvgIpc) is 3.61. The molecular formula is C26H24FN5O4S. The van der Waals surface area contributed by atoms with E-state index in [0.29, 0.717) is 41.7 Å². The van der Waals surface area contributed by atoms with Crippen molar-refractivity contribution in [2.75, 3.05) is 13.7 Å². The van der Waals surface area contributed by atoms with Crippen molar-refractivity contribution in [2.45, 2.75) is 26.6 Å². The van der Waals surface area contributed by atoms with Gasteiger partial charge in [-0.3, -0.25) is 4.68 Å². The molecule has 0 aliphatic carbocycles. The second-order valence-corrected chi connectivity index (χ2v) is 9.31. The van der Waals surface area contributed by atoms with E-state index in [-0.39, 0.29) is 18.0 Å². The highest BCUT2D eigenvalue weighted by Crippen LogP contribution is 2.27. The third-order valence-corrected chi connectivity index (χ3v) is 6.62.